The van der Waals surface area contributed by atoms with Crippen LogP contribution in [0, 0.1) is 23.0 Å². The molecule has 6 nitrogen and oxygen atoms in total. The zero-order valence-corrected chi connectivity index (χ0v) is 13.5. The van der Waals surface area contributed by atoms with Crippen LogP contribution in [0.5, 0.6) is 0 Å². The van der Waals surface area contributed by atoms with Crippen LogP contribution >= 0.6 is 11.6 Å². The van der Waals surface area contributed by atoms with Crippen LogP contribution in [0.1, 0.15) is 24.8 Å². The molecule has 1 saturated heterocycles. The molecule has 1 aliphatic rings. The third-order valence-corrected chi connectivity index (χ3v) is 4.47. The first-order chi connectivity index (χ1) is 10.4. The van der Waals surface area contributed by atoms with Crippen molar-refractivity contribution in [3.8, 4) is 0 Å². The van der Waals surface area contributed by atoms with Gasteiger partial charge in [0.25, 0.3) is 5.69 Å². The molecule has 1 aromatic carbocycles. The van der Waals surface area contributed by atoms with Gasteiger partial charge in [-0.1, -0.05) is 11.6 Å². The summed E-state index contributed by atoms with van der Waals surface area (Å²) in [6.07, 6.45) is 2.39. The second-order valence-corrected chi connectivity index (χ2v) is 6.06. The van der Waals surface area contributed by atoms with E-state index in [1.165, 1.54) is 6.07 Å². The number of carbonyl (C=O) groups excluding carboxylic acids is 1. The van der Waals surface area contributed by atoms with Crippen LogP contribution in [0.4, 0.5) is 11.4 Å². The summed E-state index contributed by atoms with van der Waals surface area (Å²) in [6.45, 7) is 3.33. The van der Waals surface area contributed by atoms with Crippen LogP contribution in [0.25, 0.3) is 0 Å². The Kier molecular flexibility index (Phi) is 5.24. The molecule has 1 fully saturated rings. The molecule has 0 atom stereocenters. The molecule has 0 aliphatic carbocycles. The Hall–Kier alpha value is -1.82. The minimum Gasteiger partial charge on any atom is -0.370 e. The monoisotopic (exact) mass is 325 g/mol. The second kappa shape index (κ2) is 6.96. The zero-order chi connectivity index (χ0) is 16.3. The number of aryl methyl sites for hydroxylation is 1. The number of amides is 1. The summed E-state index contributed by atoms with van der Waals surface area (Å²) in [5, 5.41) is 14.0. The molecule has 1 heterocycles. The molecule has 0 spiro atoms. The fourth-order valence-electron chi connectivity index (χ4n) is 2.84. The van der Waals surface area contributed by atoms with Crippen molar-refractivity contribution in [1.82, 2.24) is 5.32 Å². The highest BCUT2D eigenvalue weighted by Gasteiger charge is 2.24. The molecule has 7 heteroatoms. The lowest BCUT2D eigenvalue weighted by atomic mass is 9.93. The van der Waals surface area contributed by atoms with Crippen LogP contribution in [0.3, 0.4) is 0 Å². The van der Waals surface area contributed by atoms with Crippen molar-refractivity contribution in [2.24, 2.45) is 5.92 Å². The van der Waals surface area contributed by atoms with E-state index in [2.05, 4.69) is 10.2 Å². The highest BCUT2D eigenvalue weighted by Crippen LogP contribution is 2.35. The molecular weight excluding hydrogens is 306 g/mol. The number of benzene rings is 1. The molecule has 0 unspecified atom stereocenters. The van der Waals surface area contributed by atoms with Gasteiger partial charge in [0, 0.05) is 38.2 Å². The number of anilines is 1. The fraction of sp³-hybridized carbons (Fsp3) is 0.533. The van der Waals surface area contributed by atoms with E-state index in [9.17, 15) is 14.9 Å². The molecule has 1 amide bonds. The van der Waals surface area contributed by atoms with Crippen LogP contribution in [-0.2, 0) is 4.79 Å². The highest BCUT2D eigenvalue weighted by atomic mass is 35.5. The van der Waals surface area contributed by atoms with E-state index in [-0.39, 0.29) is 11.6 Å². The van der Waals surface area contributed by atoms with Crippen molar-refractivity contribution in [3.63, 3.8) is 0 Å². The summed E-state index contributed by atoms with van der Waals surface area (Å²) in [7, 11) is 1.65. The van der Waals surface area contributed by atoms with E-state index in [1.54, 1.807) is 20.0 Å². The molecule has 120 valence electrons. The van der Waals surface area contributed by atoms with E-state index in [4.69, 9.17) is 11.6 Å². The number of rotatable bonds is 4. The molecule has 0 radical (unpaired) electrons. The number of hydrogen-bond acceptors (Lipinski definition) is 4. The quantitative estimate of drug-likeness (QED) is 0.682. The summed E-state index contributed by atoms with van der Waals surface area (Å²) in [5.74, 6) is 0.455. The molecule has 0 aromatic heterocycles. The Bertz CT molecular complexity index is 584. The Morgan fingerprint density at radius 2 is 2.09 bits per heavy atom. The maximum atomic E-state index is 11.4. The predicted octanol–water partition coefficient (Wildman–Crippen LogP) is 2.91. The van der Waals surface area contributed by atoms with Gasteiger partial charge in [-0.2, -0.15) is 0 Å². The van der Waals surface area contributed by atoms with Gasteiger partial charge in [-0.05, 0) is 31.7 Å². The van der Waals surface area contributed by atoms with E-state index < -0.39 is 4.92 Å². The maximum absolute atomic E-state index is 11.4. The van der Waals surface area contributed by atoms with Gasteiger partial charge >= 0.3 is 0 Å². The van der Waals surface area contributed by atoms with Crippen LogP contribution < -0.4 is 10.2 Å². The number of hydrogen-bond donors (Lipinski definition) is 1. The SMILES string of the molecule is CNC(=O)CC1CCN(c2cc(C)c([N+](=O)[O-])cc2Cl)CC1. The van der Waals surface area contributed by atoms with Gasteiger partial charge in [0.05, 0.1) is 15.6 Å². The smallest absolute Gasteiger partial charge is 0.273 e. The number of nitrogens with zero attached hydrogens (tertiary/aromatic N) is 2. The molecule has 2 rings (SSSR count). The van der Waals surface area contributed by atoms with Gasteiger partial charge in [0.1, 0.15) is 0 Å². The van der Waals surface area contributed by atoms with Crippen molar-refractivity contribution >= 4 is 28.9 Å². The van der Waals surface area contributed by atoms with Crippen molar-refractivity contribution in [3.05, 3.63) is 32.8 Å². The summed E-state index contributed by atoms with van der Waals surface area (Å²) in [4.78, 5) is 24.1. The largest absolute Gasteiger partial charge is 0.370 e. The molecular formula is C15H20ClN3O3. The summed E-state index contributed by atoms with van der Waals surface area (Å²) >= 11 is 6.21. The summed E-state index contributed by atoms with van der Waals surface area (Å²) in [6, 6.07) is 3.20. The first-order valence-electron chi connectivity index (χ1n) is 7.32. The maximum Gasteiger partial charge on any atom is 0.273 e. The lowest BCUT2D eigenvalue weighted by molar-refractivity contribution is -0.385. The predicted molar refractivity (Wildman–Crippen MR) is 86.5 cm³/mol. The van der Waals surface area contributed by atoms with Crippen molar-refractivity contribution in [2.75, 3.05) is 25.0 Å². The van der Waals surface area contributed by atoms with Crippen LogP contribution in [0.2, 0.25) is 5.02 Å². The normalized spacial score (nSPS) is 15.7. The number of nitrogens with one attached hydrogen (secondary N) is 1. The summed E-state index contributed by atoms with van der Waals surface area (Å²) in [5.41, 5.74) is 1.49. The van der Waals surface area contributed by atoms with Crippen molar-refractivity contribution in [2.45, 2.75) is 26.2 Å². The Morgan fingerprint density at radius 3 is 2.64 bits per heavy atom. The van der Waals surface area contributed by atoms with Gasteiger partial charge in [-0.3, -0.25) is 14.9 Å². The van der Waals surface area contributed by atoms with Crippen LogP contribution in [-0.4, -0.2) is 31.0 Å². The number of nitro benzene ring substituents is 1. The van der Waals surface area contributed by atoms with Crippen molar-refractivity contribution < 1.29 is 9.72 Å². The molecule has 1 aromatic rings. The van der Waals surface area contributed by atoms with E-state index in [0.29, 0.717) is 22.9 Å². The van der Waals surface area contributed by atoms with Gasteiger partial charge < -0.3 is 10.2 Å². The minimum absolute atomic E-state index is 0.0447. The Labute approximate surface area is 134 Å². The lowest BCUT2D eigenvalue weighted by Crippen LogP contribution is -2.35. The second-order valence-electron chi connectivity index (χ2n) is 5.65. The topological polar surface area (TPSA) is 75.5 Å². The molecule has 0 bridgehead atoms. The first kappa shape index (κ1) is 16.5. The zero-order valence-electron chi connectivity index (χ0n) is 12.8. The molecule has 1 aliphatic heterocycles. The van der Waals surface area contributed by atoms with Crippen molar-refractivity contribution in [1.29, 1.82) is 0 Å². The Balaban J connectivity index is 2.07. The molecule has 0 saturated carbocycles. The standard InChI is InChI=1S/C15H20ClN3O3/c1-10-7-14(12(16)9-13(10)19(21)22)18-5-3-11(4-6-18)8-15(20)17-2/h7,9,11H,3-6,8H2,1-2H3,(H,17,20). The number of halogens is 1. The average molecular weight is 326 g/mol. The first-order valence-corrected chi connectivity index (χ1v) is 7.70. The van der Waals surface area contributed by atoms with E-state index >= 15 is 0 Å². The number of piperidine rings is 1. The molecule has 1 N–H and O–H groups in total. The third-order valence-electron chi connectivity index (χ3n) is 4.17. The summed E-state index contributed by atoms with van der Waals surface area (Å²) < 4.78 is 0. The van der Waals surface area contributed by atoms with Gasteiger partial charge in [0.2, 0.25) is 5.91 Å². The van der Waals surface area contributed by atoms with Gasteiger partial charge in [-0.25, -0.2) is 0 Å². The lowest BCUT2D eigenvalue weighted by Gasteiger charge is -2.34. The molecule has 22 heavy (non-hydrogen) atoms. The minimum atomic E-state index is -0.416. The van der Waals surface area contributed by atoms with Crippen LogP contribution in [0.15, 0.2) is 12.1 Å². The Morgan fingerprint density at radius 1 is 1.45 bits per heavy atom. The third kappa shape index (κ3) is 3.68. The van der Waals surface area contributed by atoms with Gasteiger partial charge in [-0.15, -0.1) is 0 Å². The highest BCUT2D eigenvalue weighted by molar-refractivity contribution is 6.33. The van der Waals surface area contributed by atoms with E-state index in [0.717, 1.165) is 31.6 Å². The van der Waals surface area contributed by atoms with E-state index in [1.807, 2.05) is 0 Å². The van der Waals surface area contributed by atoms with Gasteiger partial charge in [0.15, 0.2) is 0 Å². The number of carbonyl (C=O) groups is 1. The number of nitro groups is 1. The average Bonchev–Trinajstić information content (AvgIpc) is 2.49. The fourth-order valence-corrected chi connectivity index (χ4v) is 3.11.